The van der Waals surface area contributed by atoms with Crippen LogP contribution in [0.5, 0.6) is 5.75 Å². The summed E-state index contributed by atoms with van der Waals surface area (Å²) in [5.74, 6) is 0.743. The van der Waals surface area contributed by atoms with Crippen LogP contribution in [0.3, 0.4) is 0 Å². The van der Waals surface area contributed by atoms with Gasteiger partial charge in [-0.25, -0.2) is 0 Å². The van der Waals surface area contributed by atoms with Crippen LogP contribution in [0.25, 0.3) is 33.3 Å². The summed E-state index contributed by atoms with van der Waals surface area (Å²) in [5, 5.41) is 8.48. The van der Waals surface area contributed by atoms with Crippen LogP contribution in [0, 0.1) is 6.92 Å². The molecule has 0 aliphatic carbocycles. The Labute approximate surface area is 192 Å². The topological polar surface area (TPSA) is 89.7 Å². The molecule has 0 unspecified atom stereocenters. The van der Waals surface area contributed by atoms with Crippen molar-refractivity contribution in [3.8, 4) is 28.1 Å². The Bertz CT molecular complexity index is 1370. The maximum Gasteiger partial charge on any atom is 0.130 e. The summed E-state index contributed by atoms with van der Waals surface area (Å²) in [6.07, 6.45) is 6.09. The molecule has 33 heavy (non-hydrogen) atoms. The molecule has 0 saturated carbocycles. The minimum absolute atomic E-state index is 0.131. The van der Waals surface area contributed by atoms with Gasteiger partial charge < -0.3 is 10.5 Å². The quantitative estimate of drug-likeness (QED) is 0.378. The number of pyridine rings is 2. The Morgan fingerprint density at radius 3 is 2.67 bits per heavy atom. The van der Waals surface area contributed by atoms with Crippen LogP contribution >= 0.6 is 0 Å². The Morgan fingerprint density at radius 1 is 0.970 bits per heavy atom. The number of rotatable bonds is 7. The number of H-pyrrole nitrogens is 1. The minimum Gasteiger partial charge on any atom is -0.491 e. The second-order valence-corrected chi connectivity index (χ2v) is 8.12. The number of ether oxygens (including phenoxy) is 1. The summed E-state index contributed by atoms with van der Waals surface area (Å²) in [6.45, 7) is 2.41. The van der Waals surface area contributed by atoms with Gasteiger partial charge >= 0.3 is 0 Å². The third-order valence-electron chi connectivity index (χ3n) is 5.67. The van der Waals surface area contributed by atoms with Crippen molar-refractivity contribution < 1.29 is 4.74 Å². The zero-order chi connectivity index (χ0) is 22.6. The number of aromatic amines is 1. The Morgan fingerprint density at radius 2 is 1.85 bits per heavy atom. The second-order valence-electron chi connectivity index (χ2n) is 8.12. The van der Waals surface area contributed by atoms with Gasteiger partial charge in [-0.15, -0.1) is 0 Å². The molecule has 3 aromatic heterocycles. The lowest BCUT2D eigenvalue weighted by Crippen LogP contribution is -2.30. The van der Waals surface area contributed by atoms with Crippen LogP contribution in [0.1, 0.15) is 11.3 Å². The van der Waals surface area contributed by atoms with Gasteiger partial charge in [-0.3, -0.25) is 15.1 Å². The number of nitrogens with two attached hydrogens (primary N) is 1. The molecule has 0 fully saturated rings. The van der Waals surface area contributed by atoms with E-state index in [-0.39, 0.29) is 6.04 Å². The third kappa shape index (κ3) is 4.47. The van der Waals surface area contributed by atoms with Crippen molar-refractivity contribution >= 4 is 10.9 Å². The van der Waals surface area contributed by atoms with E-state index in [1.54, 1.807) is 12.4 Å². The van der Waals surface area contributed by atoms with Crippen LogP contribution in [-0.2, 0) is 6.42 Å². The second kappa shape index (κ2) is 9.22. The van der Waals surface area contributed by atoms with E-state index in [1.165, 1.54) is 5.56 Å². The van der Waals surface area contributed by atoms with Gasteiger partial charge in [-0.05, 0) is 54.8 Å². The van der Waals surface area contributed by atoms with Crippen molar-refractivity contribution in [2.24, 2.45) is 5.73 Å². The Hall–Kier alpha value is -4.03. The van der Waals surface area contributed by atoms with Crippen LogP contribution in [-0.4, -0.2) is 32.8 Å². The molecule has 1 atom stereocenters. The van der Waals surface area contributed by atoms with E-state index in [2.05, 4.69) is 39.4 Å². The van der Waals surface area contributed by atoms with Gasteiger partial charge in [0.05, 0.1) is 16.8 Å². The highest BCUT2D eigenvalue weighted by molar-refractivity contribution is 5.91. The molecular weight excluding hydrogens is 410 g/mol. The molecule has 6 heteroatoms. The molecule has 3 N–H and O–H groups in total. The molecule has 3 heterocycles. The molecule has 0 aliphatic heterocycles. The normalized spacial score (nSPS) is 12.1. The van der Waals surface area contributed by atoms with Gasteiger partial charge in [0.2, 0.25) is 0 Å². The first kappa shape index (κ1) is 20.8. The number of benzene rings is 2. The highest BCUT2D eigenvalue weighted by Crippen LogP contribution is 2.39. The van der Waals surface area contributed by atoms with Crippen molar-refractivity contribution in [3.05, 3.63) is 96.6 Å². The van der Waals surface area contributed by atoms with Crippen molar-refractivity contribution in [2.75, 3.05) is 6.61 Å². The number of nitrogens with one attached hydrogen (secondary N) is 1. The number of fused-ring (bicyclic) bond motifs is 1. The Balaban J connectivity index is 1.52. The summed E-state index contributed by atoms with van der Waals surface area (Å²) < 4.78 is 6.30. The van der Waals surface area contributed by atoms with Crippen LogP contribution in [0.2, 0.25) is 0 Å². The molecule has 5 rings (SSSR count). The molecule has 0 bridgehead atoms. The Kier molecular flexibility index (Phi) is 5.83. The van der Waals surface area contributed by atoms with Gasteiger partial charge in [-0.1, -0.05) is 36.4 Å². The van der Waals surface area contributed by atoms with E-state index in [9.17, 15) is 0 Å². The van der Waals surface area contributed by atoms with Gasteiger partial charge in [-0.2, -0.15) is 5.10 Å². The first-order valence-electron chi connectivity index (χ1n) is 11.0. The monoisotopic (exact) mass is 435 g/mol. The fourth-order valence-electron chi connectivity index (χ4n) is 4.03. The van der Waals surface area contributed by atoms with E-state index in [0.717, 1.165) is 51.2 Å². The minimum atomic E-state index is -0.131. The number of aromatic nitrogens is 4. The van der Waals surface area contributed by atoms with E-state index in [1.807, 2.05) is 55.6 Å². The molecule has 0 spiro atoms. The van der Waals surface area contributed by atoms with Crippen LogP contribution in [0.15, 0.2) is 85.3 Å². The first-order valence-corrected chi connectivity index (χ1v) is 11.0. The molecule has 0 radical (unpaired) electrons. The predicted octanol–water partition coefficient (Wildman–Crippen LogP) is 4.94. The molecular formula is C27H25N5O. The average Bonchev–Trinajstić information content (AvgIpc) is 3.23. The van der Waals surface area contributed by atoms with Crippen LogP contribution in [0.4, 0.5) is 0 Å². The van der Waals surface area contributed by atoms with E-state index < -0.39 is 0 Å². The molecule has 6 nitrogen and oxygen atoms in total. The van der Waals surface area contributed by atoms with E-state index in [0.29, 0.717) is 6.61 Å². The summed E-state index contributed by atoms with van der Waals surface area (Å²) in [7, 11) is 0. The molecule has 0 saturated heterocycles. The third-order valence-corrected chi connectivity index (χ3v) is 5.67. The lowest BCUT2D eigenvalue weighted by atomic mass is 9.97. The summed E-state index contributed by atoms with van der Waals surface area (Å²) in [4.78, 5) is 8.98. The lowest BCUT2D eigenvalue weighted by molar-refractivity contribution is 0.288. The van der Waals surface area contributed by atoms with Gasteiger partial charge in [0.1, 0.15) is 12.4 Å². The van der Waals surface area contributed by atoms with Crippen LogP contribution < -0.4 is 10.5 Å². The van der Waals surface area contributed by atoms with Crippen molar-refractivity contribution in [3.63, 3.8) is 0 Å². The molecule has 164 valence electrons. The first-order chi connectivity index (χ1) is 16.2. The highest BCUT2D eigenvalue weighted by Gasteiger charge is 2.17. The standard InChI is InChI=1S/C27H25N5O/c1-18-23-15-20(9-10-24(23)32-31-18)26-25(11-13-30-27(26)21-8-5-12-29-16-21)33-17-22(28)14-19-6-3-2-4-7-19/h2-13,15-16,22H,14,17,28H2,1H3,(H,31,32)/t22-/m0/s1. The fraction of sp³-hybridized carbons (Fsp3) is 0.148. The zero-order valence-electron chi connectivity index (χ0n) is 18.4. The molecule has 0 aliphatic rings. The zero-order valence-corrected chi connectivity index (χ0v) is 18.4. The van der Waals surface area contributed by atoms with Gasteiger partial charge in [0.15, 0.2) is 0 Å². The molecule has 5 aromatic rings. The van der Waals surface area contributed by atoms with E-state index >= 15 is 0 Å². The van der Waals surface area contributed by atoms with Crippen molar-refractivity contribution in [1.29, 1.82) is 0 Å². The highest BCUT2D eigenvalue weighted by atomic mass is 16.5. The summed E-state index contributed by atoms with van der Waals surface area (Å²) in [5.41, 5.74) is 13.2. The van der Waals surface area contributed by atoms with Gasteiger partial charge in [0, 0.05) is 41.3 Å². The van der Waals surface area contributed by atoms with Crippen molar-refractivity contribution in [1.82, 2.24) is 20.2 Å². The average molecular weight is 436 g/mol. The predicted molar refractivity (Wildman–Crippen MR) is 131 cm³/mol. The van der Waals surface area contributed by atoms with E-state index in [4.69, 9.17) is 15.5 Å². The number of nitrogens with zero attached hydrogens (tertiary/aromatic N) is 3. The largest absolute Gasteiger partial charge is 0.491 e. The number of hydrogen-bond acceptors (Lipinski definition) is 5. The molecule has 0 amide bonds. The van der Waals surface area contributed by atoms with Gasteiger partial charge in [0.25, 0.3) is 0 Å². The molecule has 2 aromatic carbocycles. The lowest BCUT2D eigenvalue weighted by Gasteiger charge is -2.18. The smallest absolute Gasteiger partial charge is 0.130 e. The fourth-order valence-corrected chi connectivity index (χ4v) is 4.03. The maximum absolute atomic E-state index is 6.41. The SMILES string of the molecule is Cc1[nH]nc2ccc(-c3c(OC[C@@H](N)Cc4ccccc4)ccnc3-c3cccnc3)cc12. The summed E-state index contributed by atoms with van der Waals surface area (Å²) >= 11 is 0. The number of aryl methyl sites for hydroxylation is 1. The number of hydrogen-bond donors (Lipinski definition) is 2. The maximum atomic E-state index is 6.41. The van der Waals surface area contributed by atoms with Crippen molar-refractivity contribution in [2.45, 2.75) is 19.4 Å². The summed E-state index contributed by atoms with van der Waals surface area (Å²) in [6, 6.07) is 22.1.